The van der Waals surface area contributed by atoms with E-state index < -0.39 is 0 Å². The number of nitrogens with zero attached hydrogens (tertiary/aromatic N) is 1. The van der Waals surface area contributed by atoms with Gasteiger partial charge in [0.15, 0.2) is 0 Å². The average Bonchev–Trinajstić information content (AvgIpc) is 3.07. The molecule has 0 spiro atoms. The molecule has 1 aliphatic carbocycles. The van der Waals surface area contributed by atoms with Gasteiger partial charge in [0.05, 0.1) is 6.67 Å². The molecule has 100 valence electrons. The summed E-state index contributed by atoms with van der Waals surface area (Å²) in [7, 11) is 0. The molecule has 0 saturated heterocycles. The van der Waals surface area contributed by atoms with Crippen molar-refractivity contribution in [3.8, 4) is 11.1 Å². The van der Waals surface area contributed by atoms with Crippen LogP contribution in [-0.2, 0) is 5.41 Å². The number of nitrogens with one attached hydrogen (secondary N) is 1. The Bertz CT molecular complexity index is 713. The fourth-order valence-corrected chi connectivity index (χ4v) is 3.39. The van der Waals surface area contributed by atoms with Crippen LogP contribution in [0.4, 0.5) is 5.69 Å². The van der Waals surface area contributed by atoms with E-state index in [1.54, 1.807) is 0 Å². The summed E-state index contributed by atoms with van der Waals surface area (Å²) >= 11 is 0. The Morgan fingerprint density at radius 2 is 1.80 bits per heavy atom. The quantitative estimate of drug-likeness (QED) is 0.840. The second kappa shape index (κ2) is 3.89. The predicted octanol–water partition coefficient (Wildman–Crippen LogP) is 3.83. The van der Waals surface area contributed by atoms with E-state index in [1.807, 2.05) is 6.20 Å². The number of anilines is 1. The molecule has 0 aromatic heterocycles. The van der Waals surface area contributed by atoms with Crippen LogP contribution >= 0.6 is 0 Å². The van der Waals surface area contributed by atoms with Gasteiger partial charge in [-0.15, -0.1) is 0 Å². The summed E-state index contributed by atoms with van der Waals surface area (Å²) in [6.45, 7) is 5.49. The third-order valence-electron chi connectivity index (χ3n) is 4.53. The van der Waals surface area contributed by atoms with Crippen LogP contribution < -0.4 is 10.2 Å². The van der Waals surface area contributed by atoms with Gasteiger partial charge >= 0.3 is 0 Å². The molecular formula is C18H18N2. The smallest absolute Gasteiger partial charge is 0.0916 e. The summed E-state index contributed by atoms with van der Waals surface area (Å²) in [6.07, 6.45) is 4.09. The van der Waals surface area contributed by atoms with E-state index in [9.17, 15) is 0 Å². The first kappa shape index (κ1) is 11.6. The number of rotatable bonds is 1. The van der Waals surface area contributed by atoms with E-state index in [2.05, 4.69) is 72.7 Å². The van der Waals surface area contributed by atoms with Crippen molar-refractivity contribution in [3.63, 3.8) is 0 Å². The lowest BCUT2D eigenvalue weighted by Gasteiger charge is -2.23. The second-order valence-electron chi connectivity index (χ2n) is 6.05. The first-order valence-corrected chi connectivity index (χ1v) is 7.09. The van der Waals surface area contributed by atoms with E-state index >= 15 is 0 Å². The van der Waals surface area contributed by atoms with E-state index in [4.69, 9.17) is 0 Å². The van der Waals surface area contributed by atoms with Gasteiger partial charge in [0.2, 0.25) is 0 Å². The Labute approximate surface area is 119 Å². The normalized spacial score (nSPS) is 17.8. The third-order valence-corrected chi connectivity index (χ3v) is 4.53. The van der Waals surface area contributed by atoms with Crippen molar-refractivity contribution in [2.75, 3.05) is 11.6 Å². The van der Waals surface area contributed by atoms with Crippen molar-refractivity contribution in [2.45, 2.75) is 19.3 Å². The van der Waals surface area contributed by atoms with Gasteiger partial charge in [-0.2, -0.15) is 0 Å². The number of hydrogen-bond acceptors (Lipinski definition) is 2. The van der Waals surface area contributed by atoms with Crippen molar-refractivity contribution >= 4 is 5.69 Å². The fourth-order valence-electron chi connectivity index (χ4n) is 3.39. The standard InChI is InChI=1S/C18H18N2/c1-18(2)16-6-4-3-5-14(16)15-8-7-13(11-17(15)18)20-10-9-19-12-20/h3-11,19H,12H2,1-2H3. The molecule has 1 aliphatic heterocycles. The molecule has 0 unspecified atom stereocenters. The summed E-state index contributed by atoms with van der Waals surface area (Å²) in [5.41, 5.74) is 6.96. The maximum Gasteiger partial charge on any atom is 0.0916 e. The van der Waals surface area contributed by atoms with Crippen LogP contribution in [0.3, 0.4) is 0 Å². The Morgan fingerprint density at radius 3 is 2.60 bits per heavy atom. The monoisotopic (exact) mass is 262 g/mol. The SMILES string of the molecule is CC1(C)c2ccccc2-c2ccc(N3C=CNC3)cc21. The van der Waals surface area contributed by atoms with Crippen molar-refractivity contribution in [3.05, 3.63) is 66.0 Å². The van der Waals surface area contributed by atoms with Crippen molar-refractivity contribution in [1.29, 1.82) is 0 Å². The van der Waals surface area contributed by atoms with Crippen LogP contribution in [0.15, 0.2) is 54.9 Å². The zero-order chi connectivity index (χ0) is 13.7. The highest BCUT2D eigenvalue weighted by molar-refractivity contribution is 5.82. The zero-order valence-electron chi connectivity index (χ0n) is 11.9. The van der Waals surface area contributed by atoms with Crippen LogP contribution in [0.2, 0.25) is 0 Å². The highest BCUT2D eigenvalue weighted by Crippen LogP contribution is 2.49. The van der Waals surface area contributed by atoms with Gasteiger partial charge in [-0.3, -0.25) is 0 Å². The number of fused-ring (bicyclic) bond motifs is 3. The average molecular weight is 262 g/mol. The van der Waals surface area contributed by atoms with Crippen LogP contribution in [0.1, 0.15) is 25.0 Å². The summed E-state index contributed by atoms with van der Waals surface area (Å²) < 4.78 is 0. The third kappa shape index (κ3) is 1.45. The first-order chi connectivity index (χ1) is 9.68. The fraction of sp³-hybridized carbons (Fsp3) is 0.222. The highest BCUT2D eigenvalue weighted by Gasteiger charge is 2.35. The lowest BCUT2D eigenvalue weighted by Crippen LogP contribution is -2.20. The molecule has 2 aromatic rings. The van der Waals surface area contributed by atoms with Gasteiger partial charge in [-0.25, -0.2) is 0 Å². The summed E-state index contributed by atoms with van der Waals surface area (Å²) in [6, 6.07) is 15.6. The van der Waals surface area contributed by atoms with Crippen molar-refractivity contribution in [1.82, 2.24) is 5.32 Å². The summed E-state index contributed by atoms with van der Waals surface area (Å²) in [4.78, 5) is 2.24. The zero-order valence-corrected chi connectivity index (χ0v) is 11.9. The van der Waals surface area contributed by atoms with Gasteiger partial charge in [-0.1, -0.05) is 44.2 Å². The van der Waals surface area contributed by atoms with Crippen molar-refractivity contribution < 1.29 is 0 Å². The molecule has 1 N–H and O–H groups in total. The summed E-state index contributed by atoms with van der Waals surface area (Å²) in [5, 5.41) is 3.22. The van der Waals surface area contributed by atoms with Crippen LogP contribution in [0.25, 0.3) is 11.1 Å². The lowest BCUT2D eigenvalue weighted by atomic mass is 9.82. The highest BCUT2D eigenvalue weighted by atomic mass is 15.2. The summed E-state index contributed by atoms with van der Waals surface area (Å²) in [5.74, 6) is 0. The number of hydrogen-bond donors (Lipinski definition) is 1. The maximum atomic E-state index is 3.22. The molecule has 0 fully saturated rings. The minimum Gasteiger partial charge on any atom is -0.372 e. The molecule has 4 rings (SSSR count). The van der Waals surface area contributed by atoms with E-state index in [1.165, 1.54) is 27.9 Å². The first-order valence-electron chi connectivity index (χ1n) is 7.09. The second-order valence-corrected chi connectivity index (χ2v) is 6.05. The van der Waals surface area contributed by atoms with E-state index in [0.29, 0.717) is 0 Å². The van der Waals surface area contributed by atoms with Gasteiger partial charge in [0, 0.05) is 23.5 Å². The molecule has 20 heavy (non-hydrogen) atoms. The lowest BCUT2D eigenvalue weighted by molar-refractivity contribution is 0.660. The molecule has 0 bridgehead atoms. The molecule has 0 amide bonds. The Hall–Kier alpha value is -2.22. The molecule has 2 aromatic carbocycles. The maximum absolute atomic E-state index is 3.22. The van der Waals surface area contributed by atoms with Gasteiger partial charge in [0.1, 0.15) is 0 Å². The van der Waals surface area contributed by atoms with Crippen molar-refractivity contribution in [2.24, 2.45) is 0 Å². The largest absolute Gasteiger partial charge is 0.372 e. The molecule has 0 atom stereocenters. The van der Waals surface area contributed by atoms with Crippen LogP contribution in [0, 0.1) is 0 Å². The topological polar surface area (TPSA) is 15.3 Å². The molecule has 2 aliphatic rings. The molecular weight excluding hydrogens is 244 g/mol. The minimum atomic E-state index is 0.0821. The van der Waals surface area contributed by atoms with Gasteiger partial charge < -0.3 is 10.2 Å². The van der Waals surface area contributed by atoms with E-state index in [-0.39, 0.29) is 5.41 Å². The minimum absolute atomic E-state index is 0.0821. The Kier molecular flexibility index (Phi) is 2.25. The van der Waals surface area contributed by atoms with E-state index in [0.717, 1.165) is 6.67 Å². The molecule has 0 saturated carbocycles. The number of benzene rings is 2. The van der Waals surface area contributed by atoms with Crippen LogP contribution in [-0.4, -0.2) is 6.67 Å². The molecule has 0 radical (unpaired) electrons. The van der Waals surface area contributed by atoms with Gasteiger partial charge in [-0.05, 0) is 34.4 Å². The Balaban J connectivity index is 1.90. The Morgan fingerprint density at radius 1 is 1.00 bits per heavy atom. The predicted molar refractivity (Wildman–Crippen MR) is 83.6 cm³/mol. The van der Waals surface area contributed by atoms with Crippen LogP contribution in [0.5, 0.6) is 0 Å². The van der Waals surface area contributed by atoms with Gasteiger partial charge in [0.25, 0.3) is 0 Å². The molecule has 2 heteroatoms. The molecule has 2 nitrogen and oxygen atoms in total. The molecule has 1 heterocycles.